The van der Waals surface area contributed by atoms with Crippen LogP contribution in [-0.2, 0) is 13.1 Å². The van der Waals surface area contributed by atoms with Crippen LogP contribution in [0.1, 0.15) is 29.6 Å². The Hall–Kier alpha value is -3.66. The first-order valence-corrected chi connectivity index (χ1v) is 12.0. The second-order valence-corrected chi connectivity index (χ2v) is 10.3. The summed E-state index contributed by atoms with van der Waals surface area (Å²) >= 11 is 6.33. The zero-order valence-corrected chi connectivity index (χ0v) is 20.4. The van der Waals surface area contributed by atoms with Gasteiger partial charge in [0.25, 0.3) is 0 Å². The van der Waals surface area contributed by atoms with Crippen LogP contribution in [0.2, 0.25) is 5.02 Å². The van der Waals surface area contributed by atoms with Crippen LogP contribution in [-0.4, -0.2) is 56.9 Å². The fourth-order valence-corrected chi connectivity index (χ4v) is 5.64. The molecule has 0 aliphatic carbocycles. The van der Waals surface area contributed by atoms with Crippen LogP contribution in [0.4, 0.5) is 11.8 Å². The monoisotopic (exact) mass is 485 g/mol. The highest BCUT2D eigenvalue weighted by Gasteiger charge is 2.53. The molecule has 1 aromatic carbocycles. The average molecular weight is 486 g/mol. The Kier molecular flexibility index (Phi) is 4.96. The van der Waals surface area contributed by atoms with E-state index in [1.54, 1.807) is 0 Å². The van der Waals surface area contributed by atoms with Crippen LogP contribution in [0.25, 0.3) is 5.69 Å². The average Bonchev–Trinajstić information content (AvgIpc) is 3.11. The molecule has 10 heteroatoms. The summed E-state index contributed by atoms with van der Waals surface area (Å²) in [4.78, 5) is 11.3. The summed E-state index contributed by atoms with van der Waals surface area (Å²) in [6.45, 7) is 8.63. The van der Waals surface area contributed by atoms with Gasteiger partial charge in [-0.05, 0) is 49.7 Å². The summed E-state index contributed by atoms with van der Waals surface area (Å²) < 4.78 is 2.13. The van der Waals surface area contributed by atoms with E-state index in [9.17, 15) is 5.26 Å². The van der Waals surface area contributed by atoms with Gasteiger partial charge in [0, 0.05) is 43.2 Å². The zero-order valence-electron chi connectivity index (χ0n) is 19.6. The minimum Gasteiger partial charge on any atom is -0.355 e. The Morgan fingerprint density at radius 1 is 1.03 bits per heavy atom. The number of anilines is 2. The summed E-state index contributed by atoms with van der Waals surface area (Å²) in [5.74, 6) is 2.60. The maximum absolute atomic E-state index is 9.51. The molecule has 0 radical (unpaired) electrons. The van der Waals surface area contributed by atoms with Gasteiger partial charge in [-0.15, -0.1) is 10.2 Å². The first kappa shape index (κ1) is 21.8. The quantitative estimate of drug-likeness (QED) is 0.558. The molecule has 1 atom stereocenters. The van der Waals surface area contributed by atoms with Crippen molar-refractivity contribution in [1.29, 1.82) is 10.5 Å². The molecular weight excluding hydrogens is 462 g/mol. The number of hydrogen-bond acceptors (Lipinski definition) is 8. The molecule has 0 bridgehead atoms. The lowest BCUT2D eigenvalue weighted by Gasteiger charge is -2.60. The lowest BCUT2D eigenvalue weighted by atomic mass is 9.73. The molecule has 6 rings (SSSR count). The molecule has 2 saturated heterocycles. The minimum atomic E-state index is -0.249. The Morgan fingerprint density at radius 2 is 1.80 bits per heavy atom. The van der Waals surface area contributed by atoms with Crippen molar-refractivity contribution >= 4 is 23.4 Å². The van der Waals surface area contributed by atoms with Gasteiger partial charge in [0.15, 0.2) is 5.82 Å². The third-order valence-corrected chi connectivity index (χ3v) is 7.59. The summed E-state index contributed by atoms with van der Waals surface area (Å²) in [7, 11) is 0. The van der Waals surface area contributed by atoms with Crippen LogP contribution in [0.15, 0.2) is 30.3 Å². The van der Waals surface area contributed by atoms with Gasteiger partial charge in [-0.1, -0.05) is 11.6 Å². The maximum atomic E-state index is 9.51. The summed E-state index contributed by atoms with van der Waals surface area (Å²) in [5.41, 5.74) is 3.68. The number of nitrogens with zero attached hydrogens (tertiary/aromatic N) is 9. The Morgan fingerprint density at radius 3 is 2.51 bits per heavy atom. The third kappa shape index (κ3) is 3.51. The molecule has 35 heavy (non-hydrogen) atoms. The first-order valence-electron chi connectivity index (χ1n) is 11.6. The van der Waals surface area contributed by atoms with Crippen LogP contribution >= 0.6 is 11.6 Å². The Bertz CT molecular complexity index is 1400. The van der Waals surface area contributed by atoms with Crippen molar-refractivity contribution in [3.8, 4) is 17.8 Å². The van der Waals surface area contributed by atoms with Crippen LogP contribution in [0, 0.1) is 35.0 Å². The number of nitriles is 2. The number of aryl methyl sites for hydroxylation is 1. The molecule has 2 aromatic heterocycles. The molecule has 3 aliphatic rings. The molecule has 3 aliphatic heterocycles. The second kappa shape index (κ2) is 7.94. The minimum absolute atomic E-state index is 0.213. The predicted octanol–water partition coefficient (Wildman–Crippen LogP) is 3.05. The van der Waals surface area contributed by atoms with Gasteiger partial charge in [-0.25, -0.2) is 4.98 Å². The number of halogens is 1. The molecule has 1 unspecified atom stereocenters. The standard InChI is InChI=1S/C25H24ClN9/c1-16(8-27)32-10-19-7-20(26)4-5-21(19)35-23(11-32)30-31-24(35)34-14-25(15-34)12-33(13-25)22-6-3-18(9-28)17(2)29-22/h3-7,16H,10-15H2,1-2H3. The molecular formula is C25H24ClN9. The number of aromatic nitrogens is 4. The van der Waals surface area contributed by atoms with E-state index in [0.717, 1.165) is 60.7 Å². The van der Waals surface area contributed by atoms with Gasteiger partial charge in [-0.2, -0.15) is 10.5 Å². The molecule has 0 saturated carbocycles. The van der Waals surface area contributed by atoms with Crippen molar-refractivity contribution in [2.75, 3.05) is 36.0 Å². The number of pyridine rings is 1. The van der Waals surface area contributed by atoms with E-state index in [2.05, 4.69) is 46.6 Å². The van der Waals surface area contributed by atoms with Crippen molar-refractivity contribution in [3.05, 3.63) is 58.0 Å². The maximum Gasteiger partial charge on any atom is 0.231 e. The smallest absolute Gasteiger partial charge is 0.231 e. The summed E-state index contributed by atoms with van der Waals surface area (Å²) in [6, 6.07) is 13.9. The highest BCUT2D eigenvalue weighted by molar-refractivity contribution is 6.30. The molecule has 2 fully saturated rings. The second-order valence-electron chi connectivity index (χ2n) is 9.86. The van der Waals surface area contributed by atoms with E-state index < -0.39 is 0 Å². The van der Waals surface area contributed by atoms with Gasteiger partial charge >= 0.3 is 0 Å². The van der Waals surface area contributed by atoms with Crippen LogP contribution in [0.5, 0.6) is 0 Å². The lowest BCUT2D eigenvalue weighted by molar-refractivity contribution is 0.153. The molecule has 5 heterocycles. The lowest BCUT2D eigenvalue weighted by Crippen LogP contribution is -2.73. The molecule has 1 spiro atoms. The van der Waals surface area contributed by atoms with E-state index in [4.69, 9.17) is 16.9 Å². The van der Waals surface area contributed by atoms with E-state index >= 15 is 0 Å². The highest BCUT2D eigenvalue weighted by Crippen LogP contribution is 2.44. The SMILES string of the molecule is Cc1nc(N2CC3(C2)CN(c2nnc4n2-c2ccc(Cl)cc2CN(C(C)C#N)C4)C3)ccc1C#N. The van der Waals surface area contributed by atoms with E-state index in [0.29, 0.717) is 23.7 Å². The fourth-order valence-electron chi connectivity index (χ4n) is 5.44. The van der Waals surface area contributed by atoms with Gasteiger partial charge in [0.1, 0.15) is 11.9 Å². The Balaban J connectivity index is 1.23. The van der Waals surface area contributed by atoms with Gasteiger partial charge in [0.05, 0.1) is 35.6 Å². The predicted molar refractivity (Wildman–Crippen MR) is 131 cm³/mol. The van der Waals surface area contributed by atoms with Gasteiger partial charge in [0.2, 0.25) is 5.95 Å². The molecule has 3 aromatic rings. The van der Waals surface area contributed by atoms with Crippen molar-refractivity contribution in [3.63, 3.8) is 0 Å². The fraction of sp³-hybridized carbons (Fsp3) is 0.400. The summed E-state index contributed by atoms with van der Waals surface area (Å²) in [6.07, 6.45) is 0. The van der Waals surface area contributed by atoms with Crippen molar-refractivity contribution in [1.82, 2.24) is 24.6 Å². The van der Waals surface area contributed by atoms with Gasteiger partial charge < -0.3 is 9.80 Å². The Labute approximate surface area is 208 Å². The van der Waals surface area contributed by atoms with Gasteiger partial charge in [-0.3, -0.25) is 9.47 Å². The van der Waals surface area contributed by atoms with E-state index in [-0.39, 0.29) is 11.5 Å². The molecule has 176 valence electrons. The van der Waals surface area contributed by atoms with E-state index in [1.165, 1.54) is 0 Å². The number of fused-ring (bicyclic) bond motifs is 3. The third-order valence-electron chi connectivity index (χ3n) is 7.35. The van der Waals surface area contributed by atoms with Crippen molar-refractivity contribution in [2.24, 2.45) is 5.41 Å². The number of benzene rings is 1. The van der Waals surface area contributed by atoms with Crippen molar-refractivity contribution in [2.45, 2.75) is 33.0 Å². The van der Waals surface area contributed by atoms with Crippen molar-refractivity contribution < 1.29 is 0 Å². The normalized spacial score (nSPS) is 19.0. The molecule has 9 nitrogen and oxygen atoms in total. The highest BCUT2D eigenvalue weighted by atomic mass is 35.5. The first-order chi connectivity index (χ1) is 16.9. The molecule has 0 amide bonds. The van der Waals surface area contributed by atoms with Crippen LogP contribution in [0.3, 0.4) is 0 Å². The topological polar surface area (TPSA) is 101 Å². The largest absolute Gasteiger partial charge is 0.355 e. The number of hydrogen-bond donors (Lipinski definition) is 0. The molecule has 0 N–H and O–H groups in total. The summed E-state index contributed by atoms with van der Waals surface area (Å²) in [5, 5.41) is 28.4. The van der Waals surface area contributed by atoms with Crippen LogP contribution < -0.4 is 9.80 Å². The van der Waals surface area contributed by atoms with E-state index in [1.807, 2.05) is 44.2 Å². The zero-order chi connectivity index (χ0) is 24.3. The number of rotatable bonds is 3.